The van der Waals surface area contributed by atoms with E-state index in [9.17, 15) is 10.0 Å². The molecule has 3 aromatic carbocycles. The smallest absolute Gasteiger partial charge is 0.222 e. The summed E-state index contributed by atoms with van der Waals surface area (Å²) in [7, 11) is 0. The van der Waals surface area contributed by atoms with Crippen molar-refractivity contribution in [3.05, 3.63) is 70.6 Å². The number of halogens is 1. The van der Waals surface area contributed by atoms with Gasteiger partial charge in [0.1, 0.15) is 12.4 Å². The van der Waals surface area contributed by atoms with E-state index in [-0.39, 0.29) is 11.6 Å². The zero-order chi connectivity index (χ0) is 18.1. The number of rotatable bonds is 5. The fourth-order valence-corrected chi connectivity index (χ4v) is 3.35. The van der Waals surface area contributed by atoms with Crippen molar-refractivity contribution in [1.29, 1.82) is 0 Å². The first-order valence-electron chi connectivity index (χ1n) is 8.13. The van der Waals surface area contributed by atoms with Crippen molar-refractivity contribution < 1.29 is 9.84 Å². The summed E-state index contributed by atoms with van der Waals surface area (Å²) >= 11 is 5.99. The molecule has 26 heavy (non-hydrogen) atoms. The Morgan fingerprint density at radius 3 is 2.69 bits per heavy atom. The van der Waals surface area contributed by atoms with Crippen LogP contribution < -0.4 is 4.74 Å². The quantitative estimate of drug-likeness (QED) is 0.465. The second kappa shape index (κ2) is 6.69. The van der Waals surface area contributed by atoms with Gasteiger partial charge >= 0.3 is 0 Å². The summed E-state index contributed by atoms with van der Waals surface area (Å²) < 4.78 is 7.53. The number of fused-ring (bicyclic) bond motifs is 2. The molecule has 0 atom stereocenters. The molecule has 0 saturated carbocycles. The minimum atomic E-state index is -0.182. The van der Waals surface area contributed by atoms with Crippen molar-refractivity contribution in [3.8, 4) is 11.6 Å². The molecule has 0 spiro atoms. The molecule has 130 valence electrons. The third-order valence-corrected chi connectivity index (χ3v) is 4.62. The lowest BCUT2D eigenvalue weighted by Gasteiger charge is -2.11. The molecule has 0 saturated heterocycles. The Morgan fingerprint density at radius 2 is 1.85 bits per heavy atom. The maximum absolute atomic E-state index is 11.1. The molecule has 0 aliphatic heterocycles. The topological polar surface area (TPSA) is 63.8 Å². The fourth-order valence-electron chi connectivity index (χ4n) is 3.18. The Labute approximate surface area is 154 Å². The van der Waals surface area contributed by atoms with Crippen molar-refractivity contribution in [3.63, 3.8) is 0 Å². The highest BCUT2D eigenvalue weighted by atomic mass is 35.5. The molecule has 6 heteroatoms. The van der Waals surface area contributed by atoms with E-state index in [1.165, 1.54) is 0 Å². The van der Waals surface area contributed by atoms with Gasteiger partial charge in [0, 0.05) is 15.8 Å². The Hall–Kier alpha value is -3.05. The van der Waals surface area contributed by atoms with E-state index in [1.54, 1.807) is 22.8 Å². The highest BCUT2D eigenvalue weighted by Gasteiger charge is 2.17. The molecule has 1 aromatic heterocycles. The highest BCUT2D eigenvalue weighted by molar-refractivity contribution is 6.31. The molecule has 4 rings (SSSR count). The summed E-state index contributed by atoms with van der Waals surface area (Å²) in [5.74, 6) is 0.592. The van der Waals surface area contributed by atoms with Gasteiger partial charge in [0.15, 0.2) is 5.69 Å². The number of benzene rings is 3. The van der Waals surface area contributed by atoms with E-state index < -0.39 is 0 Å². The van der Waals surface area contributed by atoms with Gasteiger partial charge in [-0.05, 0) is 34.8 Å². The van der Waals surface area contributed by atoms with Crippen LogP contribution in [-0.4, -0.2) is 16.3 Å². The second-order valence-electron chi connectivity index (χ2n) is 5.90. The molecule has 0 radical (unpaired) electrons. The molecule has 1 N–H and O–H groups in total. The largest absolute Gasteiger partial charge is 0.493 e. The Morgan fingerprint density at radius 1 is 1.04 bits per heavy atom. The number of aromatic hydroxyl groups is 1. The van der Waals surface area contributed by atoms with Gasteiger partial charge in [0.05, 0.1) is 12.1 Å². The Kier molecular flexibility index (Phi) is 4.22. The van der Waals surface area contributed by atoms with Crippen LogP contribution in [0.1, 0.15) is 0 Å². The average molecular weight is 367 g/mol. The normalized spacial score (nSPS) is 11.1. The molecule has 5 nitrogen and oxygen atoms in total. The van der Waals surface area contributed by atoms with Gasteiger partial charge in [-0.1, -0.05) is 48.0 Å². The van der Waals surface area contributed by atoms with Gasteiger partial charge in [-0.25, -0.2) is 0 Å². The summed E-state index contributed by atoms with van der Waals surface area (Å²) in [5.41, 5.74) is 0.677. The fraction of sp³-hybridized carbons (Fsp3) is 0.100. The van der Waals surface area contributed by atoms with Crippen molar-refractivity contribution in [2.45, 2.75) is 6.54 Å². The lowest BCUT2D eigenvalue weighted by molar-refractivity contribution is 0.293. The molecule has 0 aliphatic rings. The number of hydrogen-bond acceptors (Lipinski definition) is 4. The lowest BCUT2D eigenvalue weighted by Crippen LogP contribution is -2.07. The summed E-state index contributed by atoms with van der Waals surface area (Å²) in [4.78, 5) is 11.1. The summed E-state index contributed by atoms with van der Waals surface area (Å²) in [5, 5.41) is 16.4. The van der Waals surface area contributed by atoms with Crippen LogP contribution in [0, 0.1) is 4.91 Å². The van der Waals surface area contributed by atoms with Crippen LogP contribution in [0.4, 0.5) is 5.69 Å². The summed E-state index contributed by atoms with van der Waals surface area (Å²) in [6.07, 6.45) is 0. The summed E-state index contributed by atoms with van der Waals surface area (Å²) in [6.45, 7) is 0.689. The van der Waals surface area contributed by atoms with E-state index in [1.807, 2.05) is 42.5 Å². The van der Waals surface area contributed by atoms with Gasteiger partial charge in [-0.15, -0.1) is 4.91 Å². The first-order chi connectivity index (χ1) is 12.7. The lowest BCUT2D eigenvalue weighted by atomic mass is 10.1. The zero-order valence-electron chi connectivity index (χ0n) is 13.7. The molecule has 0 amide bonds. The first-order valence-corrected chi connectivity index (χ1v) is 8.51. The van der Waals surface area contributed by atoms with Crippen molar-refractivity contribution in [1.82, 2.24) is 4.57 Å². The molecule has 0 aliphatic carbocycles. The van der Waals surface area contributed by atoms with E-state index in [0.29, 0.717) is 29.1 Å². The highest BCUT2D eigenvalue weighted by Crippen LogP contribution is 2.39. The van der Waals surface area contributed by atoms with E-state index in [2.05, 4.69) is 5.18 Å². The molecule has 0 unspecified atom stereocenters. The molecular weight excluding hydrogens is 352 g/mol. The van der Waals surface area contributed by atoms with Gasteiger partial charge < -0.3 is 14.4 Å². The van der Waals surface area contributed by atoms with Crippen LogP contribution in [0.25, 0.3) is 21.7 Å². The van der Waals surface area contributed by atoms with Gasteiger partial charge in [0.2, 0.25) is 5.88 Å². The van der Waals surface area contributed by atoms with Crippen LogP contribution in [0.3, 0.4) is 0 Å². The predicted molar refractivity (Wildman–Crippen MR) is 104 cm³/mol. The molecule has 0 fully saturated rings. The Bertz CT molecular complexity index is 1120. The summed E-state index contributed by atoms with van der Waals surface area (Å²) in [6, 6.07) is 18.9. The minimum Gasteiger partial charge on any atom is -0.493 e. The maximum atomic E-state index is 11.1. The van der Waals surface area contributed by atoms with Crippen molar-refractivity contribution in [2.24, 2.45) is 5.18 Å². The monoisotopic (exact) mass is 366 g/mol. The van der Waals surface area contributed by atoms with Gasteiger partial charge in [-0.2, -0.15) is 0 Å². The molecule has 0 bridgehead atoms. The SMILES string of the molecule is O=Nc1c(O)n(CCOc2cccc3ccccc23)c2ccc(Cl)cc12. The second-order valence-corrected chi connectivity index (χ2v) is 6.34. The van der Waals surface area contributed by atoms with Crippen LogP contribution in [0.5, 0.6) is 11.6 Å². The van der Waals surface area contributed by atoms with Crippen LogP contribution in [0.15, 0.2) is 65.8 Å². The minimum absolute atomic E-state index is 0.00680. The van der Waals surface area contributed by atoms with E-state index in [0.717, 1.165) is 16.5 Å². The average Bonchev–Trinajstić information content (AvgIpc) is 2.92. The van der Waals surface area contributed by atoms with Crippen molar-refractivity contribution in [2.75, 3.05) is 6.61 Å². The number of nitroso groups, excluding NO2 is 1. The first kappa shape index (κ1) is 16.4. The van der Waals surface area contributed by atoms with Gasteiger partial charge in [-0.3, -0.25) is 0 Å². The number of aromatic nitrogens is 1. The van der Waals surface area contributed by atoms with Crippen LogP contribution in [0.2, 0.25) is 5.02 Å². The Balaban J connectivity index is 1.62. The van der Waals surface area contributed by atoms with Gasteiger partial charge in [0.25, 0.3) is 0 Å². The molecule has 4 aromatic rings. The maximum Gasteiger partial charge on any atom is 0.222 e. The standard InChI is InChI=1S/C20H15ClN2O3/c21-14-8-9-17-16(12-14)19(22-25)20(24)23(17)10-11-26-18-7-3-5-13-4-1-2-6-15(13)18/h1-9,12,24H,10-11H2. The third kappa shape index (κ3) is 2.76. The van der Waals surface area contributed by atoms with Crippen LogP contribution >= 0.6 is 11.6 Å². The number of hydrogen-bond donors (Lipinski definition) is 1. The zero-order valence-corrected chi connectivity index (χ0v) is 14.5. The molecule has 1 heterocycles. The third-order valence-electron chi connectivity index (χ3n) is 4.39. The predicted octanol–water partition coefficient (Wildman–Crippen LogP) is 5.63. The molecular formula is C20H15ClN2O3. The van der Waals surface area contributed by atoms with Crippen molar-refractivity contribution >= 4 is 39.0 Å². The van der Waals surface area contributed by atoms with Crippen LogP contribution in [-0.2, 0) is 6.54 Å². The van der Waals surface area contributed by atoms with E-state index >= 15 is 0 Å². The number of nitrogens with zero attached hydrogens (tertiary/aromatic N) is 2. The van der Waals surface area contributed by atoms with E-state index in [4.69, 9.17) is 16.3 Å². The number of ether oxygens (including phenoxy) is 1.